The molecule has 17 heavy (non-hydrogen) atoms. The molecule has 0 fully saturated rings. The van der Waals surface area contributed by atoms with E-state index in [2.05, 4.69) is 5.32 Å². The van der Waals surface area contributed by atoms with Crippen molar-refractivity contribution < 1.29 is 9.90 Å². The zero-order valence-electron chi connectivity index (χ0n) is 9.40. The van der Waals surface area contributed by atoms with Crippen LogP contribution in [0, 0.1) is 11.3 Å². The van der Waals surface area contributed by atoms with Crippen LogP contribution in [0.5, 0.6) is 0 Å². The van der Waals surface area contributed by atoms with Gasteiger partial charge in [-0.05, 0) is 24.6 Å². The second-order valence-corrected chi connectivity index (χ2v) is 4.04. The molecule has 0 saturated heterocycles. The van der Waals surface area contributed by atoms with Crippen LogP contribution in [0.4, 0.5) is 5.69 Å². The van der Waals surface area contributed by atoms with E-state index in [0.717, 1.165) is 6.42 Å². The van der Waals surface area contributed by atoms with Crippen LogP contribution in [0.3, 0.4) is 0 Å². The SMILES string of the molecule is CCC[C@H](Nc1ccc(C#N)c(Cl)c1)C(=O)O. The van der Waals surface area contributed by atoms with Crippen molar-refractivity contribution in [2.24, 2.45) is 0 Å². The number of carbonyl (C=O) groups is 1. The number of nitriles is 1. The van der Waals surface area contributed by atoms with Gasteiger partial charge in [0.05, 0.1) is 10.6 Å². The molecule has 0 saturated carbocycles. The molecule has 0 bridgehead atoms. The van der Waals surface area contributed by atoms with E-state index in [1.807, 2.05) is 13.0 Å². The number of rotatable bonds is 5. The van der Waals surface area contributed by atoms with Gasteiger partial charge in [0, 0.05) is 5.69 Å². The van der Waals surface area contributed by atoms with E-state index < -0.39 is 12.0 Å². The van der Waals surface area contributed by atoms with E-state index in [-0.39, 0.29) is 0 Å². The van der Waals surface area contributed by atoms with Crippen LogP contribution in [0.25, 0.3) is 0 Å². The van der Waals surface area contributed by atoms with Crippen LogP contribution in [-0.4, -0.2) is 17.1 Å². The number of nitrogens with one attached hydrogen (secondary N) is 1. The summed E-state index contributed by atoms with van der Waals surface area (Å²) in [6.07, 6.45) is 1.31. The first-order valence-corrected chi connectivity index (χ1v) is 5.65. The van der Waals surface area contributed by atoms with E-state index in [9.17, 15) is 4.79 Å². The summed E-state index contributed by atoms with van der Waals surface area (Å²) in [7, 11) is 0. The lowest BCUT2D eigenvalue weighted by Gasteiger charge is -2.15. The predicted octanol–water partition coefficient (Wildman–Crippen LogP) is 2.88. The maximum atomic E-state index is 11.0. The second kappa shape index (κ2) is 6.12. The predicted molar refractivity (Wildman–Crippen MR) is 66.1 cm³/mol. The summed E-state index contributed by atoms with van der Waals surface area (Å²) in [5, 5.41) is 20.9. The van der Waals surface area contributed by atoms with Crippen molar-refractivity contribution in [3.05, 3.63) is 28.8 Å². The zero-order valence-corrected chi connectivity index (χ0v) is 10.2. The van der Waals surface area contributed by atoms with Gasteiger partial charge in [0.15, 0.2) is 0 Å². The van der Waals surface area contributed by atoms with Crippen LogP contribution >= 0.6 is 11.6 Å². The molecular weight excluding hydrogens is 240 g/mol. The fraction of sp³-hybridized carbons (Fsp3) is 0.333. The Labute approximate surface area is 105 Å². The van der Waals surface area contributed by atoms with Crippen molar-refractivity contribution in [2.45, 2.75) is 25.8 Å². The molecule has 0 heterocycles. The molecule has 0 spiro atoms. The molecule has 4 nitrogen and oxygen atoms in total. The van der Waals surface area contributed by atoms with Gasteiger partial charge in [0.2, 0.25) is 0 Å². The van der Waals surface area contributed by atoms with Gasteiger partial charge in [-0.1, -0.05) is 24.9 Å². The fourth-order valence-corrected chi connectivity index (χ4v) is 1.67. The highest BCUT2D eigenvalue weighted by Gasteiger charge is 2.16. The Morgan fingerprint density at radius 2 is 2.35 bits per heavy atom. The Morgan fingerprint density at radius 1 is 1.65 bits per heavy atom. The number of aliphatic carboxylic acids is 1. The lowest BCUT2D eigenvalue weighted by Crippen LogP contribution is -2.28. The first kappa shape index (κ1) is 13.3. The Bertz CT molecular complexity index is 454. The molecule has 2 N–H and O–H groups in total. The molecule has 1 atom stereocenters. The van der Waals surface area contributed by atoms with Gasteiger partial charge >= 0.3 is 5.97 Å². The third-order valence-corrected chi connectivity index (χ3v) is 2.62. The van der Waals surface area contributed by atoms with Gasteiger partial charge in [-0.3, -0.25) is 0 Å². The average molecular weight is 253 g/mol. The van der Waals surface area contributed by atoms with Crippen molar-refractivity contribution in [2.75, 3.05) is 5.32 Å². The van der Waals surface area contributed by atoms with Crippen LogP contribution < -0.4 is 5.32 Å². The van der Waals surface area contributed by atoms with Crippen LogP contribution in [0.2, 0.25) is 5.02 Å². The monoisotopic (exact) mass is 252 g/mol. The van der Waals surface area contributed by atoms with E-state index in [1.54, 1.807) is 18.2 Å². The summed E-state index contributed by atoms with van der Waals surface area (Å²) < 4.78 is 0. The van der Waals surface area contributed by atoms with Gasteiger partial charge in [-0.25, -0.2) is 4.79 Å². The Kier molecular flexibility index (Phi) is 4.80. The summed E-state index contributed by atoms with van der Waals surface area (Å²) in [5.41, 5.74) is 0.981. The number of hydrogen-bond donors (Lipinski definition) is 2. The highest BCUT2D eigenvalue weighted by atomic mass is 35.5. The normalized spacial score (nSPS) is 11.6. The average Bonchev–Trinajstić information content (AvgIpc) is 2.28. The maximum Gasteiger partial charge on any atom is 0.326 e. The smallest absolute Gasteiger partial charge is 0.326 e. The Balaban J connectivity index is 2.84. The summed E-state index contributed by atoms with van der Waals surface area (Å²) in [5.74, 6) is -0.896. The van der Waals surface area contributed by atoms with Gasteiger partial charge in [0.1, 0.15) is 12.1 Å². The highest BCUT2D eigenvalue weighted by molar-refractivity contribution is 6.32. The third-order valence-electron chi connectivity index (χ3n) is 2.31. The number of carboxylic acids is 1. The van der Waals surface area contributed by atoms with Crippen molar-refractivity contribution in [3.63, 3.8) is 0 Å². The topological polar surface area (TPSA) is 73.1 Å². The molecule has 0 aliphatic carbocycles. The largest absolute Gasteiger partial charge is 0.480 e. The van der Waals surface area contributed by atoms with Crippen LogP contribution in [0.1, 0.15) is 25.3 Å². The van der Waals surface area contributed by atoms with Gasteiger partial charge in [0.25, 0.3) is 0 Å². The summed E-state index contributed by atoms with van der Waals surface area (Å²) in [6, 6.07) is 6.09. The highest BCUT2D eigenvalue weighted by Crippen LogP contribution is 2.21. The van der Waals surface area contributed by atoms with Crippen molar-refractivity contribution in [3.8, 4) is 6.07 Å². The summed E-state index contributed by atoms with van der Waals surface area (Å²) in [4.78, 5) is 11.0. The van der Waals surface area contributed by atoms with Crippen molar-refractivity contribution >= 4 is 23.3 Å². The number of nitrogens with zero attached hydrogens (tertiary/aromatic N) is 1. The van der Waals surface area contributed by atoms with Crippen LogP contribution in [0.15, 0.2) is 18.2 Å². The molecule has 0 aromatic heterocycles. The molecule has 0 aliphatic heterocycles. The molecule has 0 unspecified atom stereocenters. The van der Waals surface area contributed by atoms with Crippen LogP contribution in [-0.2, 0) is 4.79 Å². The minimum absolute atomic E-state index is 0.318. The first-order valence-electron chi connectivity index (χ1n) is 5.27. The lowest BCUT2D eigenvalue weighted by molar-refractivity contribution is -0.138. The minimum atomic E-state index is -0.896. The number of anilines is 1. The first-order chi connectivity index (χ1) is 8.08. The quantitative estimate of drug-likeness (QED) is 0.845. The fourth-order valence-electron chi connectivity index (χ4n) is 1.44. The van der Waals surface area contributed by atoms with Gasteiger partial charge in [-0.2, -0.15) is 5.26 Å². The second-order valence-electron chi connectivity index (χ2n) is 3.63. The molecular formula is C12H13ClN2O2. The molecule has 5 heteroatoms. The molecule has 1 rings (SSSR count). The number of hydrogen-bond acceptors (Lipinski definition) is 3. The van der Waals surface area contributed by atoms with E-state index in [1.165, 1.54) is 0 Å². The Hall–Kier alpha value is -1.73. The van der Waals surface area contributed by atoms with Crippen molar-refractivity contribution in [1.82, 2.24) is 0 Å². The lowest BCUT2D eigenvalue weighted by atomic mass is 10.1. The zero-order chi connectivity index (χ0) is 12.8. The van der Waals surface area contributed by atoms with Crippen molar-refractivity contribution in [1.29, 1.82) is 5.26 Å². The summed E-state index contributed by atoms with van der Waals surface area (Å²) in [6.45, 7) is 1.92. The Morgan fingerprint density at radius 3 is 2.82 bits per heavy atom. The van der Waals surface area contributed by atoms with E-state index >= 15 is 0 Å². The van der Waals surface area contributed by atoms with E-state index in [4.69, 9.17) is 22.0 Å². The molecule has 0 amide bonds. The molecule has 90 valence electrons. The standard InChI is InChI=1S/C12H13ClN2O2/c1-2-3-11(12(16)17)15-9-5-4-8(7-14)10(13)6-9/h4-6,11,15H,2-3H2,1H3,(H,16,17)/t11-/m0/s1. The third kappa shape index (κ3) is 3.65. The van der Waals surface area contributed by atoms with Gasteiger partial charge in [-0.15, -0.1) is 0 Å². The molecule has 1 aromatic rings. The van der Waals surface area contributed by atoms with E-state index in [0.29, 0.717) is 22.7 Å². The van der Waals surface area contributed by atoms with Gasteiger partial charge < -0.3 is 10.4 Å². The maximum absolute atomic E-state index is 11.0. The number of benzene rings is 1. The molecule has 1 aromatic carbocycles. The number of carboxylic acid groups (broad SMARTS) is 1. The molecule has 0 radical (unpaired) electrons. The minimum Gasteiger partial charge on any atom is -0.480 e. The molecule has 0 aliphatic rings. The number of halogens is 1. The summed E-state index contributed by atoms with van der Waals surface area (Å²) >= 11 is 5.86.